The molecule has 4 rings (SSSR count). The summed E-state index contributed by atoms with van der Waals surface area (Å²) in [5, 5.41) is 20.4. The van der Waals surface area contributed by atoms with Crippen LogP contribution in [0.3, 0.4) is 0 Å². The Labute approximate surface area is 161 Å². The summed E-state index contributed by atoms with van der Waals surface area (Å²) in [5.74, 6) is -0.225. The van der Waals surface area contributed by atoms with Gasteiger partial charge in [-0.25, -0.2) is 0 Å². The Balaban J connectivity index is 1.59. The zero-order valence-electron chi connectivity index (χ0n) is 14.1. The van der Waals surface area contributed by atoms with E-state index in [2.05, 4.69) is 0 Å². The highest BCUT2D eigenvalue weighted by molar-refractivity contribution is 6.42. The van der Waals surface area contributed by atoms with E-state index in [1.54, 1.807) is 9.80 Å². The number of nitrogens with zero attached hydrogens (tertiary/aromatic N) is 2. The summed E-state index contributed by atoms with van der Waals surface area (Å²) < 4.78 is 0. The van der Waals surface area contributed by atoms with Crippen LogP contribution in [0.5, 0.6) is 5.75 Å². The Kier molecular flexibility index (Phi) is 4.53. The standard InChI is InChI=1S/C18H20Cl2N2O4/c19-12-1-2-14(24)16(17(12)20)9-3-4-21-13(5-9)18(26)22(8-15(21)25)10-6-11(23)7-10/h1-2,9-11,13,23-24H,3-8H2/t9-,10-,11+,13+/m0/s1. The zero-order valence-corrected chi connectivity index (χ0v) is 15.6. The number of carbonyl (C=O) groups excluding carboxylic acids is 2. The zero-order chi connectivity index (χ0) is 18.6. The minimum absolute atomic E-state index is 0.0594. The van der Waals surface area contributed by atoms with Gasteiger partial charge in [0.25, 0.3) is 0 Å². The number of fused-ring (bicyclic) bond motifs is 1. The van der Waals surface area contributed by atoms with E-state index in [4.69, 9.17) is 23.2 Å². The Morgan fingerprint density at radius 3 is 2.50 bits per heavy atom. The molecule has 3 fully saturated rings. The molecule has 6 nitrogen and oxygen atoms in total. The van der Waals surface area contributed by atoms with Gasteiger partial charge < -0.3 is 20.0 Å². The summed E-state index contributed by atoms with van der Waals surface area (Å²) in [7, 11) is 0. The highest BCUT2D eigenvalue weighted by atomic mass is 35.5. The van der Waals surface area contributed by atoms with E-state index < -0.39 is 6.04 Å². The van der Waals surface area contributed by atoms with Crippen molar-refractivity contribution in [1.82, 2.24) is 9.80 Å². The van der Waals surface area contributed by atoms with E-state index in [1.165, 1.54) is 12.1 Å². The molecule has 2 N–H and O–H groups in total. The number of aliphatic hydroxyl groups excluding tert-OH is 1. The molecule has 2 atom stereocenters. The van der Waals surface area contributed by atoms with Gasteiger partial charge in [-0.15, -0.1) is 0 Å². The third-order valence-corrected chi connectivity index (χ3v) is 6.66. The Morgan fingerprint density at radius 1 is 1.08 bits per heavy atom. The van der Waals surface area contributed by atoms with Crippen LogP contribution in [0, 0.1) is 0 Å². The van der Waals surface area contributed by atoms with Gasteiger partial charge >= 0.3 is 0 Å². The second-order valence-corrected chi connectivity index (χ2v) is 8.15. The van der Waals surface area contributed by atoms with Gasteiger partial charge in [-0.2, -0.15) is 0 Å². The molecule has 0 spiro atoms. The van der Waals surface area contributed by atoms with Crippen LogP contribution < -0.4 is 0 Å². The third kappa shape index (κ3) is 2.84. The Morgan fingerprint density at radius 2 is 1.81 bits per heavy atom. The first-order chi connectivity index (χ1) is 12.4. The van der Waals surface area contributed by atoms with Crippen molar-refractivity contribution in [1.29, 1.82) is 0 Å². The maximum absolute atomic E-state index is 13.0. The molecular formula is C18H20Cl2N2O4. The first kappa shape index (κ1) is 17.9. The van der Waals surface area contributed by atoms with E-state index in [0.717, 1.165) is 0 Å². The van der Waals surface area contributed by atoms with Gasteiger partial charge in [0.1, 0.15) is 18.3 Å². The summed E-state index contributed by atoms with van der Waals surface area (Å²) >= 11 is 12.4. The number of hydrogen-bond acceptors (Lipinski definition) is 4. The van der Waals surface area contributed by atoms with Gasteiger partial charge in [0, 0.05) is 18.2 Å². The highest BCUT2D eigenvalue weighted by Crippen LogP contribution is 2.44. The minimum Gasteiger partial charge on any atom is -0.508 e. The fourth-order valence-corrected chi connectivity index (χ4v) is 4.81. The van der Waals surface area contributed by atoms with Crippen LogP contribution in [0.25, 0.3) is 0 Å². The molecule has 0 bridgehead atoms. The van der Waals surface area contributed by atoms with Crippen LogP contribution >= 0.6 is 23.2 Å². The molecule has 2 saturated heterocycles. The molecule has 2 aliphatic heterocycles. The molecule has 2 heterocycles. The number of amides is 2. The molecule has 3 aliphatic rings. The van der Waals surface area contributed by atoms with E-state index >= 15 is 0 Å². The van der Waals surface area contributed by atoms with Gasteiger partial charge in [-0.05, 0) is 43.7 Å². The number of aromatic hydroxyl groups is 1. The van der Waals surface area contributed by atoms with E-state index in [-0.39, 0.29) is 42.2 Å². The maximum Gasteiger partial charge on any atom is 0.246 e. The van der Waals surface area contributed by atoms with Crippen molar-refractivity contribution < 1.29 is 19.8 Å². The summed E-state index contributed by atoms with van der Waals surface area (Å²) in [4.78, 5) is 28.8. The fourth-order valence-electron chi connectivity index (χ4n) is 4.33. The van der Waals surface area contributed by atoms with Crippen LogP contribution in [-0.2, 0) is 9.59 Å². The van der Waals surface area contributed by atoms with Crippen molar-refractivity contribution >= 4 is 35.0 Å². The molecule has 0 radical (unpaired) electrons. The first-order valence-corrected chi connectivity index (χ1v) is 9.57. The van der Waals surface area contributed by atoms with E-state index in [9.17, 15) is 19.8 Å². The summed E-state index contributed by atoms with van der Waals surface area (Å²) in [6.45, 7) is 0.532. The molecule has 1 aliphatic carbocycles. The summed E-state index contributed by atoms with van der Waals surface area (Å²) in [5.41, 5.74) is 0.551. The van der Waals surface area contributed by atoms with Crippen molar-refractivity contribution in [3.8, 4) is 5.75 Å². The number of piperidine rings is 1. The van der Waals surface area contributed by atoms with Crippen LogP contribution in [0.4, 0.5) is 0 Å². The van der Waals surface area contributed by atoms with Gasteiger partial charge in [0.05, 0.1) is 16.1 Å². The van der Waals surface area contributed by atoms with Crippen LogP contribution in [-0.4, -0.2) is 63.1 Å². The molecule has 0 aromatic heterocycles. The predicted octanol–water partition coefficient (Wildman–Crippen LogP) is 2.14. The van der Waals surface area contributed by atoms with E-state index in [1.807, 2.05) is 0 Å². The maximum atomic E-state index is 13.0. The number of rotatable bonds is 2. The van der Waals surface area contributed by atoms with Gasteiger partial charge in [0.2, 0.25) is 11.8 Å². The molecular weight excluding hydrogens is 379 g/mol. The summed E-state index contributed by atoms with van der Waals surface area (Å²) in [6.07, 6.45) is 1.68. The monoisotopic (exact) mass is 398 g/mol. The molecule has 26 heavy (non-hydrogen) atoms. The van der Waals surface area contributed by atoms with Crippen molar-refractivity contribution in [2.45, 2.75) is 49.8 Å². The number of phenolic OH excluding ortho intramolecular Hbond substituents is 1. The van der Waals surface area contributed by atoms with Crippen LogP contribution in [0.1, 0.15) is 37.2 Å². The van der Waals surface area contributed by atoms with Crippen LogP contribution in [0.15, 0.2) is 12.1 Å². The van der Waals surface area contributed by atoms with Crippen LogP contribution in [0.2, 0.25) is 10.0 Å². The normalized spacial score (nSPS) is 31.7. The average Bonchev–Trinajstić information content (AvgIpc) is 2.59. The molecule has 2 amide bonds. The largest absolute Gasteiger partial charge is 0.508 e. The third-order valence-electron chi connectivity index (χ3n) is 5.84. The lowest BCUT2D eigenvalue weighted by molar-refractivity contribution is -0.164. The number of carbonyl (C=O) groups is 2. The number of piperazine rings is 1. The smallest absolute Gasteiger partial charge is 0.246 e. The summed E-state index contributed by atoms with van der Waals surface area (Å²) in [6, 6.07) is 2.43. The van der Waals surface area contributed by atoms with Gasteiger partial charge in [0.15, 0.2) is 0 Å². The SMILES string of the molecule is O=C1CN([C@H]2C[C@@H](O)C2)C(=O)[C@H]2C[C@@H](c3c(O)ccc(Cl)c3Cl)CCN12. The van der Waals surface area contributed by atoms with Crippen molar-refractivity contribution in [3.63, 3.8) is 0 Å². The number of phenols is 1. The highest BCUT2D eigenvalue weighted by Gasteiger charge is 2.47. The lowest BCUT2D eigenvalue weighted by atomic mass is 9.81. The number of aliphatic hydroxyl groups is 1. The van der Waals surface area contributed by atoms with E-state index in [0.29, 0.717) is 47.8 Å². The number of hydrogen-bond donors (Lipinski definition) is 2. The average molecular weight is 399 g/mol. The Hall–Kier alpha value is -1.50. The number of benzene rings is 1. The second kappa shape index (κ2) is 6.59. The van der Waals surface area contributed by atoms with Crippen molar-refractivity contribution in [3.05, 3.63) is 27.7 Å². The molecule has 1 saturated carbocycles. The Bertz CT molecular complexity index is 766. The van der Waals surface area contributed by atoms with Gasteiger partial charge in [-0.1, -0.05) is 23.2 Å². The lowest BCUT2D eigenvalue weighted by Crippen LogP contribution is -2.65. The van der Waals surface area contributed by atoms with Crippen molar-refractivity contribution in [2.24, 2.45) is 0 Å². The quantitative estimate of drug-likeness (QED) is 0.799. The lowest BCUT2D eigenvalue weighted by Gasteiger charge is -2.49. The molecule has 1 aromatic rings. The van der Waals surface area contributed by atoms with Gasteiger partial charge in [-0.3, -0.25) is 9.59 Å². The topological polar surface area (TPSA) is 81.1 Å². The molecule has 1 aromatic carbocycles. The second-order valence-electron chi connectivity index (χ2n) is 7.36. The van der Waals surface area contributed by atoms with Crippen molar-refractivity contribution in [2.75, 3.05) is 13.1 Å². The minimum atomic E-state index is -0.554. The predicted molar refractivity (Wildman–Crippen MR) is 96.3 cm³/mol. The molecule has 8 heteroatoms. The molecule has 140 valence electrons. The number of halogens is 2. The first-order valence-electron chi connectivity index (χ1n) is 8.81. The molecule has 0 unspecified atom stereocenters. The fraction of sp³-hybridized carbons (Fsp3) is 0.556.